The molecule has 1 saturated heterocycles. The zero-order valence-electron chi connectivity index (χ0n) is 11.6. The molecule has 1 aliphatic rings. The molecule has 19 heavy (non-hydrogen) atoms. The van der Waals surface area contributed by atoms with E-state index >= 15 is 0 Å². The molecule has 0 radical (unpaired) electrons. The smallest absolute Gasteiger partial charge is 0.238 e. The maximum Gasteiger partial charge on any atom is 0.238 e. The lowest BCUT2D eigenvalue weighted by Crippen LogP contribution is -2.42. The lowest BCUT2D eigenvalue weighted by Gasteiger charge is -2.32. The summed E-state index contributed by atoms with van der Waals surface area (Å²) in [6.45, 7) is 5.76. The number of aryl methyl sites for hydroxylation is 1. The van der Waals surface area contributed by atoms with Crippen LogP contribution in [0.15, 0.2) is 22.7 Å². The molecule has 1 heterocycles. The molecule has 1 N–H and O–H groups in total. The number of likely N-dealkylation sites (tertiary alicyclic amines) is 1. The van der Waals surface area contributed by atoms with E-state index in [2.05, 4.69) is 33.1 Å². The third-order valence-corrected chi connectivity index (χ3v) is 4.60. The van der Waals surface area contributed by atoms with Crippen molar-refractivity contribution in [2.24, 2.45) is 0 Å². The molecule has 1 aromatic carbocycles. The van der Waals surface area contributed by atoms with Gasteiger partial charge in [0, 0.05) is 16.2 Å². The van der Waals surface area contributed by atoms with Gasteiger partial charge in [-0.25, -0.2) is 0 Å². The molecule has 1 fully saturated rings. The second-order valence-corrected chi connectivity index (χ2v) is 6.18. The number of halogens is 1. The molecular weight excluding hydrogens is 304 g/mol. The van der Waals surface area contributed by atoms with Crippen molar-refractivity contribution in [1.29, 1.82) is 0 Å². The molecule has 1 aliphatic heterocycles. The monoisotopic (exact) mass is 324 g/mol. The number of anilines is 1. The Morgan fingerprint density at radius 3 is 2.95 bits per heavy atom. The van der Waals surface area contributed by atoms with Crippen LogP contribution in [0.3, 0.4) is 0 Å². The first kappa shape index (κ1) is 14.5. The zero-order chi connectivity index (χ0) is 13.8. The van der Waals surface area contributed by atoms with Gasteiger partial charge >= 0.3 is 0 Å². The van der Waals surface area contributed by atoms with Crippen molar-refractivity contribution in [1.82, 2.24) is 4.90 Å². The van der Waals surface area contributed by atoms with Crippen LogP contribution in [0, 0.1) is 6.92 Å². The van der Waals surface area contributed by atoms with Gasteiger partial charge in [-0.1, -0.05) is 28.4 Å². The van der Waals surface area contributed by atoms with E-state index in [1.165, 1.54) is 24.8 Å². The Balaban J connectivity index is 1.91. The fraction of sp³-hybridized carbons (Fsp3) is 0.533. The van der Waals surface area contributed by atoms with E-state index in [4.69, 9.17) is 0 Å². The first-order valence-electron chi connectivity index (χ1n) is 6.86. The molecule has 104 valence electrons. The number of hydrogen-bond acceptors (Lipinski definition) is 2. The minimum atomic E-state index is 0.0736. The number of piperidine rings is 1. The maximum atomic E-state index is 12.1. The summed E-state index contributed by atoms with van der Waals surface area (Å²) in [6.07, 6.45) is 3.68. The van der Waals surface area contributed by atoms with Gasteiger partial charge < -0.3 is 5.32 Å². The van der Waals surface area contributed by atoms with Crippen LogP contribution in [0.25, 0.3) is 0 Å². The molecule has 1 aromatic rings. The molecule has 0 unspecified atom stereocenters. The van der Waals surface area contributed by atoms with Crippen molar-refractivity contribution in [2.45, 2.75) is 39.2 Å². The predicted molar refractivity (Wildman–Crippen MR) is 82.4 cm³/mol. The highest BCUT2D eigenvalue weighted by atomic mass is 79.9. The Morgan fingerprint density at radius 2 is 2.26 bits per heavy atom. The first-order chi connectivity index (χ1) is 9.06. The van der Waals surface area contributed by atoms with E-state index in [0.717, 1.165) is 16.7 Å². The van der Waals surface area contributed by atoms with E-state index in [1.807, 2.05) is 25.1 Å². The summed E-state index contributed by atoms with van der Waals surface area (Å²) in [5.74, 6) is 0.0736. The minimum Gasteiger partial charge on any atom is -0.325 e. The Hall–Kier alpha value is -0.870. The molecule has 0 aromatic heterocycles. The molecule has 4 heteroatoms. The van der Waals surface area contributed by atoms with Crippen LogP contribution in [0.1, 0.15) is 31.7 Å². The Labute approximate surface area is 123 Å². The molecule has 3 nitrogen and oxygen atoms in total. The number of carbonyl (C=O) groups excluding carboxylic acids is 1. The molecule has 0 aliphatic carbocycles. The fourth-order valence-electron chi connectivity index (χ4n) is 2.45. The molecule has 0 saturated carbocycles. The van der Waals surface area contributed by atoms with E-state index < -0.39 is 0 Å². The first-order valence-corrected chi connectivity index (χ1v) is 7.65. The summed E-state index contributed by atoms with van der Waals surface area (Å²) in [6, 6.07) is 6.41. The number of rotatable bonds is 3. The molecule has 2 rings (SSSR count). The molecular formula is C15H21BrN2O. The van der Waals surface area contributed by atoms with Gasteiger partial charge in [0.1, 0.15) is 0 Å². The minimum absolute atomic E-state index is 0.0736. The quantitative estimate of drug-likeness (QED) is 0.921. The van der Waals surface area contributed by atoms with Crippen LogP contribution in [-0.2, 0) is 4.79 Å². The number of hydrogen-bond donors (Lipinski definition) is 1. The third kappa shape index (κ3) is 4.05. The van der Waals surface area contributed by atoms with Crippen LogP contribution in [0.2, 0.25) is 0 Å². The van der Waals surface area contributed by atoms with E-state index in [-0.39, 0.29) is 5.91 Å². The summed E-state index contributed by atoms with van der Waals surface area (Å²) >= 11 is 3.48. The van der Waals surface area contributed by atoms with Gasteiger partial charge in [0.15, 0.2) is 0 Å². The van der Waals surface area contributed by atoms with Gasteiger partial charge in [-0.15, -0.1) is 0 Å². The Morgan fingerprint density at radius 1 is 1.47 bits per heavy atom. The van der Waals surface area contributed by atoms with Gasteiger partial charge in [-0.3, -0.25) is 9.69 Å². The van der Waals surface area contributed by atoms with Crippen molar-refractivity contribution in [3.05, 3.63) is 28.2 Å². The highest BCUT2D eigenvalue weighted by molar-refractivity contribution is 9.10. The van der Waals surface area contributed by atoms with Crippen LogP contribution in [0.5, 0.6) is 0 Å². The Kier molecular flexibility index (Phi) is 4.99. The van der Waals surface area contributed by atoms with E-state index in [1.54, 1.807) is 0 Å². The van der Waals surface area contributed by atoms with Crippen LogP contribution >= 0.6 is 15.9 Å². The predicted octanol–water partition coefficient (Wildman–Crippen LogP) is 3.57. The van der Waals surface area contributed by atoms with Crippen molar-refractivity contribution >= 4 is 27.5 Å². The zero-order valence-corrected chi connectivity index (χ0v) is 13.2. The van der Waals surface area contributed by atoms with Gasteiger partial charge in [0.05, 0.1) is 6.54 Å². The normalized spacial score (nSPS) is 20.3. The van der Waals surface area contributed by atoms with Gasteiger partial charge in [0.2, 0.25) is 5.91 Å². The van der Waals surface area contributed by atoms with Crippen molar-refractivity contribution in [3.8, 4) is 0 Å². The topological polar surface area (TPSA) is 32.3 Å². The highest BCUT2D eigenvalue weighted by Gasteiger charge is 2.20. The number of benzene rings is 1. The number of nitrogens with zero attached hydrogens (tertiary/aromatic N) is 1. The lowest BCUT2D eigenvalue weighted by molar-refractivity contribution is -0.118. The van der Waals surface area contributed by atoms with Crippen molar-refractivity contribution in [3.63, 3.8) is 0 Å². The summed E-state index contributed by atoms with van der Waals surface area (Å²) < 4.78 is 1.02. The number of amides is 1. The van der Waals surface area contributed by atoms with Gasteiger partial charge in [-0.05, 0) is 50.9 Å². The SMILES string of the molecule is Cc1ccc(NC(=O)CN2CCCC[C@@H]2C)cc1Br. The average molecular weight is 325 g/mol. The lowest BCUT2D eigenvalue weighted by atomic mass is 10.0. The van der Waals surface area contributed by atoms with Crippen molar-refractivity contribution in [2.75, 3.05) is 18.4 Å². The van der Waals surface area contributed by atoms with E-state index in [0.29, 0.717) is 12.6 Å². The summed E-state index contributed by atoms with van der Waals surface area (Å²) in [5.41, 5.74) is 2.02. The second-order valence-electron chi connectivity index (χ2n) is 5.33. The molecule has 1 amide bonds. The molecule has 0 spiro atoms. The van der Waals surface area contributed by atoms with Gasteiger partial charge in [0.25, 0.3) is 0 Å². The second kappa shape index (κ2) is 6.53. The van der Waals surface area contributed by atoms with Gasteiger partial charge in [-0.2, -0.15) is 0 Å². The summed E-state index contributed by atoms with van der Waals surface area (Å²) in [7, 11) is 0. The van der Waals surface area contributed by atoms with Crippen molar-refractivity contribution < 1.29 is 4.79 Å². The highest BCUT2D eigenvalue weighted by Crippen LogP contribution is 2.21. The van der Waals surface area contributed by atoms with Crippen LogP contribution in [0.4, 0.5) is 5.69 Å². The van der Waals surface area contributed by atoms with Crippen LogP contribution in [-0.4, -0.2) is 29.9 Å². The summed E-state index contributed by atoms with van der Waals surface area (Å²) in [5, 5.41) is 2.97. The van der Waals surface area contributed by atoms with Crippen LogP contribution < -0.4 is 5.32 Å². The molecule has 0 bridgehead atoms. The summed E-state index contributed by atoms with van der Waals surface area (Å²) in [4.78, 5) is 14.3. The van der Waals surface area contributed by atoms with E-state index in [9.17, 15) is 4.79 Å². The molecule has 1 atom stereocenters. The maximum absolute atomic E-state index is 12.1. The third-order valence-electron chi connectivity index (χ3n) is 3.74. The average Bonchev–Trinajstić information content (AvgIpc) is 2.37. The number of nitrogens with one attached hydrogen (secondary N) is 1. The standard InChI is InChI=1S/C15H21BrN2O/c1-11-6-7-13(9-14(11)16)17-15(19)10-18-8-4-3-5-12(18)2/h6-7,9,12H,3-5,8,10H2,1-2H3,(H,17,19)/t12-/m0/s1. The fourth-order valence-corrected chi connectivity index (χ4v) is 2.83. The largest absolute Gasteiger partial charge is 0.325 e. The Bertz CT molecular complexity index is 461. The number of carbonyl (C=O) groups is 1.